The second-order valence-electron chi connectivity index (χ2n) is 9.93. The molecule has 0 unspecified atom stereocenters. The first-order valence-corrected chi connectivity index (χ1v) is 12.5. The summed E-state index contributed by atoms with van der Waals surface area (Å²) in [6.07, 6.45) is -11.4. The molecule has 18 heteroatoms. The van der Waals surface area contributed by atoms with Crippen molar-refractivity contribution >= 4 is 17.9 Å². The molecule has 3 aromatic carbocycles. The third-order valence-electron chi connectivity index (χ3n) is 7.23. The Morgan fingerprint density at radius 3 is 1.91 bits per heavy atom. The van der Waals surface area contributed by atoms with Gasteiger partial charge in [0.1, 0.15) is 24.9 Å². The fourth-order valence-electron chi connectivity index (χ4n) is 4.99. The molecule has 12 N–H and O–H groups in total. The first-order chi connectivity index (χ1) is 21.1. The van der Waals surface area contributed by atoms with E-state index < -0.39 is 140 Å². The Morgan fingerprint density at radius 1 is 0.711 bits per heavy atom. The van der Waals surface area contributed by atoms with E-state index >= 15 is 0 Å². The largest absolute Gasteiger partial charge is 0.504 e. The summed E-state index contributed by atoms with van der Waals surface area (Å²) < 4.78 is 15.2. The van der Waals surface area contributed by atoms with Gasteiger partial charge in [-0.3, -0.25) is 0 Å². The van der Waals surface area contributed by atoms with Crippen LogP contribution in [0.5, 0.6) is 51.7 Å². The number of ether oxygens (including phenoxy) is 3. The van der Waals surface area contributed by atoms with Gasteiger partial charge in [-0.25, -0.2) is 14.4 Å². The summed E-state index contributed by atoms with van der Waals surface area (Å²) >= 11 is 0. The minimum atomic E-state index is -2.41. The van der Waals surface area contributed by atoms with E-state index in [0.29, 0.717) is 18.2 Å². The molecule has 5 atom stereocenters. The predicted octanol–water partition coefficient (Wildman–Crippen LogP) is -0.606. The van der Waals surface area contributed by atoms with E-state index in [1.54, 1.807) is 0 Å². The van der Waals surface area contributed by atoms with Gasteiger partial charge in [0.25, 0.3) is 0 Å². The number of phenolic OH excluding ortho intramolecular Hbond substituents is 9. The Labute approximate surface area is 248 Å². The highest BCUT2D eigenvalue weighted by Crippen LogP contribution is 2.57. The van der Waals surface area contributed by atoms with Crippen molar-refractivity contribution in [1.29, 1.82) is 0 Å². The van der Waals surface area contributed by atoms with Crippen molar-refractivity contribution < 1.29 is 89.9 Å². The fourth-order valence-corrected chi connectivity index (χ4v) is 4.99. The minimum absolute atomic E-state index is 0.517. The average Bonchev–Trinajstić information content (AvgIpc) is 2.99. The zero-order valence-electron chi connectivity index (χ0n) is 22.1. The Kier molecular flexibility index (Phi) is 7.28. The molecule has 0 saturated carbocycles. The Bertz CT molecular complexity index is 1760. The van der Waals surface area contributed by atoms with Crippen LogP contribution in [0.2, 0.25) is 0 Å². The molecule has 18 nitrogen and oxygen atoms in total. The Balaban J connectivity index is 1.59. The number of phenols is 9. The van der Waals surface area contributed by atoms with Gasteiger partial charge in [0.05, 0.1) is 16.7 Å². The van der Waals surface area contributed by atoms with E-state index in [4.69, 9.17) is 14.2 Å². The molecule has 4 bridgehead atoms. The molecule has 0 aliphatic carbocycles. The first kappa shape index (κ1) is 30.6. The highest BCUT2D eigenvalue weighted by Gasteiger charge is 2.51. The summed E-state index contributed by atoms with van der Waals surface area (Å²) in [5, 5.41) is 124. The summed E-state index contributed by atoms with van der Waals surface area (Å²) in [5.41, 5.74) is -5.07. The topological polar surface area (TPSA) is 322 Å². The highest BCUT2D eigenvalue weighted by atomic mass is 16.6. The molecule has 0 radical (unpaired) electrons. The van der Waals surface area contributed by atoms with Crippen LogP contribution in [0.4, 0.5) is 0 Å². The van der Waals surface area contributed by atoms with Gasteiger partial charge in [-0.2, -0.15) is 0 Å². The lowest BCUT2D eigenvalue weighted by Gasteiger charge is -2.39. The van der Waals surface area contributed by atoms with Gasteiger partial charge in [0, 0.05) is 16.7 Å². The lowest BCUT2D eigenvalue weighted by atomic mass is 9.82. The second kappa shape index (κ2) is 10.7. The number of rotatable bonds is 5. The van der Waals surface area contributed by atoms with Crippen LogP contribution in [-0.2, 0) is 14.2 Å². The first-order valence-electron chi connectivity index (χ1n) is 12.5. The van der Waals surface area contributed by atoms with Crippen molar-refractivity contribution in [3.8, 4) is 62.9 Å². The predicted molar refractivity (Wildman–Crippen MR) is 139 cm³/mol. The third kappa shape index (κ3) is 4.69. The van der Waals surface area contributed by atoms with Gasteiger partial charge < -0.3 is 75.5 Å². The molecule has 3 heterocycles. The van der Waals surface area contributed by atoms with Gasteiger partial charge in [-0.15, -0.1) is 0 Å². The number of benzene rings is 3. The summed E-state index contributed by atoms with van der Waals surface area (Å²) in [6.45, 7) is -1.11. The van der Waals surface area contributed by atoms with Crippen molar-refractivity contribution in [1.82, 2.24) is 0 Å². The number of esters is 3. The molecule has 0 amide bonds. The highest BCUT2D eigenvalue weighted by molar-refractivity contribution is 6.10. The van der Waals surface area contributed by atoms with Crippen LogP contribution in [0.15, 0.2) is 18.2 Å². The summed E-state index contributed by atoms with van der Waals surface area (Å²) in [6, 6.07) is 1.92. The van der Waals surface area contributed by atoms with Crippen molar-refractivity contribution in [3.63, 3.8) is 0 Å². The van der Waals surface area contributed by atoms with Gasteiger partial charge in [-0.05, 0) is 18.2 Å². The van der Waals surface area contributed by atoms with E-state index in [9.17, 15) is 75.7 Å². The lowest BCUT2D eigenvalue weighted by Crippen LogP contribution is -2.53. The van der Waals surface area contributed by atoms with Crippen LogP contribution in [0, 0.1) is 0 Å². The number of hydrogen-bond donors (Lipinski definition) is 12. The molecule has 0 spiro atoms. The maximum absolute atomic E-state index is 13.4. The van der Waals surface area contributed by atoms with E-state index in [1.807, 2.05) is 0 Å². The quantitative estimate of drug-likeness (QED) is 0.0946. The molecule has 238 valence electrons. The maximum Gasteiger partial charge on any atom is 0.339 e. The van der Waals surface area contributed by atoms with Gasteiger partial charge in [-0.1, -0.05) is 0 Å². The molecule has 0 fully saturated rings. The van der Waals surface area contributed by atoms with Crippen LogP contribution >= 0.6 is 0 Å². The third-order valence-corrected chi connectivity index (χ3v) is 7.23. The molecule has 45 heavy (non-hydrogen) atoms. The standard InChI is InChI=1S/C27H22O18/c28-7-1-5(2-8(29)15(7)32)25(40)43-4-10(31)17(34)23-24-21(38)14-13(27(42)45-24)12(19(36)22(39)20(14)37)11-6(26(41)44-23)3-9(30)16(33)18(11)35/h1-3,10,17,21,23-24,28-39H,4H2/t10-,17-,21-,23+,24+/m1/s1. The smallest absolute Gasteiger partial charge is 0.339 e. The van der Waals surface area contributed by atoms with Crippen molar-refractivity contribution in [2.75, 3.05) is 6.61 Å². The zero-order chi connectivity index (χ0) is 33.2. The van der Waals surface area contributed by atoms with E-state index in [-0.39, 0.29) is 0 Å². The SMILES string of the molecule is O=C(OC[C@@H](O)[C@@H](O)[C@@H]1OC(=O)c2cc(O)c(O)c(O)c2-c2c(O)c(O)c(O)c3c2C(=O)O[C@H]1[C@@H]3O)c1cc(O)c(O)c(O)c1. The maximum atomic E-state index is 13.4. The fraction of sp³-hybridized carbons (Fsp3) is 0.222. The summed E-state index contributed by atoms with van der Waals surface area (Å²) in [4.78, 5) is 39.0. The molecule has 6 rings (SSSR count). The number of aliphatic hydroxyl groups is 3. The zero-order valence-corrected chi connectivity index (χ0v) is 22.1. The molecule has 3 aromatic rings. The second-order valence-corrected chi connectivity index (χ2v) is 9.93. The summed E-state index contributed by atoms with van der Waals surface area (Å²) in [7, 11) is 0. The summed E-state index contributed by atoms with van der Waals surface area (Å²) in [5.74, 6) is -14.8. The van der Waals surface area contributed by atoms with Gasteiger partial charge in [0.15, 0.2) is 52.5 Å². The Hall–Kier alpha value is -5.85. The van der Waals surface area contributed by atoms with E-state index in [1.165, 1.54) is 0 Å². The van der Waals surface area contributed by atoms with Crippen molar-refractivity contribution in [2.45, 2.75) is 30.5 Å². The normalized spacial score (nSPS) is 20.0. The van der Waals surface area contributed by atoms with E-state index in [2.05, 4.69) is 0 Å². The molecular weight excluding hydrogens is 612 g/mol. The molecular formula is C27H22O18. The average molecular weight is 634 g/mol. The van der Waals surface area contributed by atoms with Crippen LogP contribution < -0.4 is 0 Å². The Morgan fingerprint density at radius 2 is 1.29 bits per heavy atom. The minimum Gasteiger partial charge on any atom is -0.504 e. The van der Waals surface area contributed by atoms with Crippen molar-refractivity contribution in [3.05, 3.63) is 40.5 Å². The molecule has 0 aromatic heterocycles. The monoisotopic (exact) mass is 634 g/mol. The number of fused-ring (bicyclic) bond motifs is 3. The molecule has 0 saturated heterocycles. The molecule has 3 aliphatic heterocycles. The van der Waals surface area contributed by atoms with E-state index in [0.717, 1.165) is 0 Å². The van der Waals surface area contributed by atoms with Crippen LogP contribution in [-0.4, -0.2) is 110 Å². The number of carbonyl (C=O) groups is 3. The van der Waals surface area contributed by atoms with Crippen molar-refractivity contribution in [2.24, 2.45) is 0 Å². The number of carbonyl (C=O) groups excluding carboxylic acids is 3. The van der Waals surface area contributed by atoms with Gasteiger partial charge >= 0.3 is 17.9 Å². The number of aromatic hydroxyl groups is 9. The van der Waals surface area contributed by atoms with Gasteiger partial charge in [0.2, 0.25) is 11.5 Å². The number of aliphatic hydroxyl groups excluding tert-OH is 3. The van der Waals surface area contributed by atoms with Crippen LogP contribution in [0.25, 0.3) is 11.1 Å². The van der Waals surface area contributed by atoms with Crippen LogP contribution in [0.3, 0.4) is 0 Å². The molecule has 3 aliphatic rings. The lowest BCUT2D eigenvalue weighted by molar-refractivity contribution is -0.151. The number of hydrogen-bond acceptors (Lipinski definition) is 18. The van der Waals surface area contributed by atoms with Crippen LogP contribution in [0.1, 0.15) is 42.7 Å².